The van der Waals surface area contributed by atoms with Crippen LogP contribution < -0.4 is 4.72 Å². The Hall–Kier alpha value is -3.23. The second-order valence-corrected chi connectivity index (χ2v) is 9.41. The molecule has 1 heterocycles. The standard InChI is InChI=1S/C23H22ClN3O4S/c1-27(2)22(28)10-5-16-3-7-19(8-4-16)32(30,31)26-21-9-6-18(24)15-20(21)23(29)17-11-13-25-14-12-17/h3-4,6-9,11-15,26H,5,10H2,1-2H3. The quantitative estimate of drug-likeness (QED) is 0.504. The number of benzene rings is 2. The van der Waals surface area contributed by atoms with E-state index in [-0.39, 0.29) is 27.8 Å². The SMILES string of the molecule is CN(C)C(=O)CCc1ccc(S(=O)(=O)Nc2ccc(Cl)cc2C(=O)c2ccncc2)cc1. The number of rotatable bonds is 8. The van der Waals surface area contributed by atoms with E-state index < -0.39 is 10.0 Å². The molecule has 0 spiro atoms. The van der Waals surface area contributed by atoms with Crippen LogP contribution in [0.2, 0.25) is 5.02 Å². The number of ketones is 1. The third-order valence-corrected chi connectivity index (χ3v) is 6.39. The van der Waals surface area contributed by atoms with Gasteiger partial charge in [0.25, 0.3) is 10.0 Å². The van der Waals surface area contributed by atoms with Gasteiger partial charge >= 0.3 is 0 Å². The van der Waals surface area contributed by atoms with E-state index in [1.807, 2.05) is 0 Å². The molecule has 0 fully saturated rings. The number of carbonyl (C=O) groups excluding carboxylic acids is 2. The lowest BCUT2D eigenvalue weighted by atomic mass is 10.0. The van der Waals surface area contributed by atoms with E-state index in [1.54, 1.807) is 38.4 Å². The van der Waals surface area contributed by atoms with E-state index in [2.05, 4.69) is 9.71 Å². The summed E-state index contributed by atoms with van der Waals surface area (Å²) in [5.74, 6) is -0.383. The first-order valence-corrected chi connectivity index (χ1v) is 11.6. The zero-order chi connectivity index (χ0) is 23.3. The Labute approximate surface area is 192 Å². The number of anilines is 1. The van der Waals surface area contributed by atoms with Crippen LogP contribution in [0.1, 0.15) is 27.9 Å². The average molecular weight is 472 g/mol. The molecular formula is C23H22ClN3O4S. The van der Waals surface area contributed by atoms with Crippen LogP contribution in [0.4, 0.5) is 5.69 Å². The van der Waals surface area contributed by atoms with Crippen molar-refractivity contribution in [3.63, 3.8) is 0 Å². The van der Waals surface area contributed by atoms with Crippen LogP contribution in [0.25, 0.3) is 0 Å². The van der Waals surface area contributed by atoms with Gasteiger partial charge in [0, 0.05) is 49.1 Å². The third-order valence-electron chi connectivity index (χ3n) is 4.77. The van der Waals surface area contributed by atoms with Crippen LogP contribution in [0.15, 0.2) is 71.9 Å². The minimum Gasteiger partial charge on any atom is -0.349 e. The lowest BCUT2D eigenvalue weighted by Crippen LogP contribution is -2.21. The molecule has 3 aromatic rings. The Balaban J connectivity index is 1.82. The number of amides is 1. The molecular weight excluding hydrogens is 450 g/mol. The van der Waals surface area contributed by atoms with Crippen molar-refractivity contribution < 1.29 is 18.0 Å². The number of halogens is 1. The highest BCUT2D eigenvalue weighted by atomic mass is 35.5. The summed E-state index contributed by atoms with van der Waals surface area (Å²) < 4.78 is 28.4. The van der Waals surface area contributed by atoms with Crippen molar-refractivity contribution in [1.29, 1.82) is 0 Å². The fourth-order valence-electron chi connectivity index (χ4n) is 2.97. The molecule has 0 unspecified atom stereocenters. The minimum atomic E-state index is -3.96. The van der Waals surface area contributed by atoms with Crippen LogP contribution in [0.5, 0.6) is 0 Å². The van der Waals surface area contributed by atoms with Crippen molar-refractivity contribution in [3.05, 3.63) is 88.7 Å². The van der Waals surface area contributed by atoms with Gasteiger partial charge in [0.1, 0.15) is 0 Å². The second kappa shape index (κ2) is 9.93. The smallest absolute Gasteiger partial charge is 0.261 e. The van der Waals surface area contributed by atoms with Crippen molar-refractivity contribution in [1.82, 2.24) is 9.88 Å². The number of aryl methyl sites for hydroxylation is 1. The summed E-state index contributed by atoms with van der Waals surface area (Å²) in [6.45, 7) is 0. The van der Waals surface area contributed by atoms with E-state index in [9.17, 15) is 18.0 Å². The van der Waals surface area contributed by atoms with Crippen molar-refractivity contribution in [2.45, 2.75) is 17.7 Å². The maximum absolute atomic E-state index is 12.9. The number of aromatic nitrogens is 1. The number of nitrogens with zero attached hydrogens (tertiary/aromatic N) is 2. The number of nitrogens with one attached hydrogen (secondary N) is 1. The molecule has 0 radical (unpaired) electrons. The first-order chi connectivity index (χ1) is 15.2. The van der Waals surface area contributed by atoms with Gasteiger partial charge in [-0.1, -0.05) is 23.7 Å². The number of hydrogen-bond acceptors (Lipinski definition) is 5. The molecule has 32 heavy (non-hydrogen) atoms. The lowest BCUT2D eigenvalue weighted by molar-refractivity contribution is -0.128. The number of sulfonamides is 1. The predicted molar refractivity (Wildman–Crippen MR) is 123 cm³/mol. The molecule has 9 heteroatoms. The zero-order valence-electron chi connectivity index (χ0n) is 17.6. The average Bonchev–Trinajstić information content (AvgIpc) is 2.78. The Kier molecular flexibility index (Phi) is 7.27. The summed E-state index contributed by atoms with van der Waals surface area (Å²) in [5, 5.41) is 0.307. The van der Waals surface area contributed by atoms with Crippen LogP contribution in [0, 0.1) is 0 Å². The molecule has 166 valence electrons. The Morgan fingerprint density at radius 2 is 1.66 bits per heavy atom. The van der Waals surface area contributed by atoms with Gasteiger partial charge in [-0.3, -0.25) is 19.3 Å². The van der Waals surface area contributed by atoms with Gasteiger partial charge in [0.2, 0.25) is 5.91 Å². The Morgan fingerprint density at radius 1 is 1.00 bits per heavy atom. The minimum absolute atomic E-state index is 0.00232. The maximum Gasteiger partial charge on any atom is 0.261 e. The summed E-state index contributed by atoms with van der Waals surface area (Å²) in [6, 6.07) is 13.7. The van der Waals surface area contributed by atoms with Crippen LogP contribution in [-0.4, -0.2) is 44.1 Å². The normalized spacial score (nSPS) is 11.1. The van der Waals surface area contributed by atoms with E-state index in [1.165, 1.54) is 47.6 Å². The van der Waals surface area contributed by atoms with E-state index in [0.29, 0.717) is 23.4 Å². The molecule has 3 rings (SSSR count). The highest BCUT2D eigenvalue weighted by molar-refractivity contribution is 7.92. The summed E-state index contributed by atoms with van der Waals surface area (Å²) in [7, 11) is -0.581. The molecule has 2 aromatic carbocycles. The topological polar surface area (TPSA) is 96.4 Å². The molecule has 0 aliphatic heterocycles. The van der Waals surface area contributed by atoms with Gasteiger partial charge in [-0.15, -0.1) is 0 Å². The highest BCUT2D eigenvalue weighted by Gasteiger charge is 2.20. The number of pyridine rings is 1. The number of carbonyl (C=O) groups is 2. The Morgan fingerprint density at radius 3 is 2.28 bits per heavy atom. The van der Waals surface area contributed by atoms with Crippen LogP contribution in [-0.2, 0) is 21.2 Å². The summed E-state index contributed by atoms with van der Waals surface area (Å²) in [4.78, 5) is 30.1. The molecule has 0 aliphatic rings. The van der Waals surface area contributed by atoms with Gasteiger partial charge in [0.15, 0.2) is 5.78 Å². The lowest BCUT2D eigenvalue weighted by Gasteiger charge is -2.13. The van der Waals surface area contributed by atoms with Crippen molar-refractivity contribution in [3.8, 4) is 0 Å². The van der Waals surface area contributed by atoms with Crippen molar-refractivity contribution in [2.24, 2.45) is 0 Å². The predicted octanol–water partition coefficient (Wildman–Crippen LogP) is 3.79. The van der Waals surface area contributed by atoms with Crippen LogP contribution >= 0.6 is 11.6 Å². The summed E-state index contributed by atoms with van der Waals surface area (Å²) >= 11 is 6.06. The van der Waals surface area contributed by atoms with Gasteiger partial charge in [-0.25, -0.2) is 8.42 Å². The third kappa shape index (κ3) is 5.72. The fraction of sp³-hybridized carbons (Fsp3) is 0.174. The monoisotopic (exact) mass is 471 g/mol. The molecule has 1 aromatic heterocycles. The summed E-state index contributed by atoms with van der Waals surface area (Å²) in [6.07, 6.45) is 3.81. The van der Waals surface area contributed by atoms with E-state index in [0.717, 1.165) is 5.56 Å². The molecule has 7 nitrogen and oxygen atoms in total. The Bertz CT molecular complexity index is 1230. The van der Waals surface area contributed by atoms with E-state index in [4.69, 9.17) is 11.6 Å². The first kappa shape index (κ1) is 23.4. The van der Waals surface area contributed by atoms with Gasteiger partial charge in [-0.2, -0.15) is 0 Å². The highest BCUT2D eigenvalue weighted by Crippen LogP contribution is 2.26. The molecule has 1 amide bonds. The number of hydrogen-bond donors (Lipinski definition) is 1. The molecule has 0 saturated heterocycles. The molecule has 0 aliphatic carbocycles. The molecule has 1 N–H and O–H groups in total. The fourth-order valence-corrected chi connectivity index (χ4v) is 4.22. The molecule has 0 saturated carbocycles. The van der Waals surface area contributed by atoms with E-state index >= 15 is 0 Å². The second-order valence-electron chi connectivity index (χ2n) is 7.29. The molecule has 0 atom stereocenters. The van der Waals surface area contributed by atoms with Gasteiger partial charge in [0.05, 0.1) is 10.6 Å². The summed E-state index contributed by atoms with van der Waals surface area (Å²) in [5.41, 5.74) is 1.46. The van der Waals surface area contributed by atoms with Gasteiger partial charge < -0.3 is 4.90 Å². The largest absolute Gasteiger partial charge is 0.349 e. The molecule has 0 bridgehead atoms. The maximum atomic E-state index is 12.9. The van der Waals surface area contributed by atoms with Crippen molar-refractivity contribution in [2.75, 3.05) is 18.8 Å². The first-order valence-electron chi connectivity index (χ1n) is 9.73. The zero-order valence-corrected chi connectivity index (χ0v) is 19.2. The van der Waals surface area contributed by atoms with Crippen molar-refractivity contribution >= 4 is 39.0 Å². The van der Waals surface area contributed by atoms with Crippen LogP contribution in [0.3, 0.4) is 0 Å². The van der Waals surface area contributed by atoms with Gasteiger partial charge in [-0.05, 0) is 54.4 Å².